The van der Waals surface area contributed by atoms with Gasteiger partial charge in [-0.1, -0.05) is 30.3 Å². The molecule has 0 aliphatic carbocycles. The van der Waals surface area contributed by atoms with Crippen molar-refractivity contribution in [3.8, 4) is 0 Å². The molecule has 0 radical (unpaired) electrons. The number of nitrogens with one attached hydrogen (secondary N) is 1. The molecule has 1 amide bonds. The van der Waals surface area contributed by atoms with Crippen molar-refractivity contribution in [1.82, 2.24) is 10.2 Å². The summed E-state index contributed by atoms with van der Waals surface area (Å²) in [6.07, 6.45) is 3.07. The van der Waals surface area contributed by atoms with Crippen molar-refractivity contribution in [2.24, 2.45) is 0 Å². The lowest BCUT2D eigenvalue weighted by molar-refractivity contribution is 0.0704. The molecule has 0 bridgehead atoms. The molecule has 1 aromatic rings. The van der Waals surface area contributed by atoms with E-state index in [1.165, 1.54) is 0 Å². The van der Waals surface area contributed by atoms with Gasteiger partial charge in [0.25, 0.3) is 0 Å². The van der Waals surface area contributed by atoms with Crippen molar-refractivity contribution in [2.75, 3.05) is 19.6 Å². The molecule has 2 aliphatic rings. The minimum atomic E-state index is -0.162. The van der Waals surface area contributed by atoms with Crippen LogP contribution in [0.5, 0.6) is 0 Å². The number of benzene rings is 1. The molecule has 2 fully saturated rings. The summed E-state index contributed by atoms with van der Waals surface area (Å²) in [5, 5.41) is 3.36. The highest BCUT2D eigenvalue weighted by Gasteiger charge is 2.46. The fourth-order valence-electron chi connectivity index (χ4n) is 3.19. The Bertz CT molecular complexity index is 435. The van der Waals surface area contributed by atoms with Crippen molar-refractivity contribution in [3.05, 3.63) is 35.9 Å². The van der Waals surface area contributed by atoms with E-state index in [1.54, 1.807) is 0 Å². The molecule has 2 aliphatic heterocycles. The summed E-state index contributed by atoms with van der Waals surface area (Å²) in [7, 11) is 0. The molecular formula is C15H20N2O2. The average Bonchev–Trinajstić information content (AvgIpc) is 3.08. The van der Waals surface area contributed by atoms with Gasteiger partial charge in [-0.05, 0) is 31.4 Å². The van der Waals surface area contributed by atoms with Gasteiger partial charge in [0, 0.05) is 13.1 Å². The smallest absolute Gasteiger partial charge is 0.410 e. The zero-order valence-corrected chi connectivity index (χ0v) is 11.1. The van der Waals surface area contributed by atoms with Crippen LogP contribution in [0, 0.1) is 0 Å². The van der Waals surface area contributed by atoms with Crippen LogP contribution in [0.1, 0.15) is 24.8 Å². The number of rotatable bonds is 2. The quantitative estimate of drug-likeness (QED) is 0.886. The molecule has 0 saturated carbocycles. The zero-order valence-electron chi connectivity index (χ0n) is 11.1. The normalized spacial score (nSPS) is 26.0. The lowest BCUT2D eigenvalue weighted by Crippen LogP contribution is -2.48. The fraction of sp³-hybridized carbons (Fsp3) is 0.533. The van der Waals surface area contributed by atoms with E-state index in [-0.39, 0.29) is 11.6 Å². The van der Waals surface area contributed by atoms with Gasteiger partial charge < -0.3 is 15.0 Å². The predicted octanol–water partition coefficient (Wildman–Crippen LogP) is 2.15. The predicted molar refractivity (Wildman–Crippen MR) is 72.8 cm³/mol. The molecule has 1 aromatic carbocycles. The first-order chi connectivity index (χ1) is 9.30. The van der Waals surface area contributed by atoms with Crippen LogP contribution < -0.4 is 5.32 Å². The van der Waals surface area contributed by atoms with Crippen LogP contribution in [0.15, 0.2) is 30.3 Å². The second kappa shape index (κ2) is 5.21. The molecule has 3 rings (SSSR count). The van der Waals surface area contributed by atoms with E-state index in [1.807, 2.05) is 35.2 Å². The zero-order chi connectivity index (χ0) is 13.1. The lowest BCUT2D eigenvalue weighted by atomic mass is 9.96. The van der Waals surface area contributed by atoms with Crippen LogP contribution >= 0.6 is 0 Å². The van der Waals surface area contributed by atoms with Crippen LogP contribution in [-0.4, -0.2) is 36.2 Å². The van der Waals surface area contributed by atoms with Gasteiger partial charge in [-0.3, -0.25) is 0 Å². The largest absolute Gasteiger partial charge is 0.445 e. The summed E-state index contributed by atoms with van der Waals surface area (Å²) in [6, 6.07) is 9.84. The molecule has 102 valence electrons. The maximum Gasteiger partial charge on any atom is 0.410 e. The van der Waals surface area contributed by atoms with E-state index in [0.717, 1.165) is 44.5 Å². The van der Waals surface area contributed by atoms with Gasteiger partial charge in [0.1, 0.15) is 6.61 Å². The molecule has 1 N–H and O–H groups in total. The van der Waals surface area contributed by atoms with Crippen molar-refractivity contribution < 1.29 is 9.53 Å². The third-order valence-electron chi connectivity index (χ3n) is 4.24. The highest BCUT2D eigenvalue weighted by molar-refractivity contribution is 5.69. The number of nitrogens with zero attached hydrogens (tertiary/aromatic N) is 1. The highest BCUT2D eigenvalue weighted by atomic mass is 16.6. The van der Waals surface area contributed by atoms with E-state index in [9.17, 15) is 4.79 Å². The van der Waals surface area contributed by atoms with Gasteiger partial charge in [0.15, 0.2) is 0 Å². The van der Waals surface area contributed by atoms with Crippen molar-refractivity contribution >= 4 is 6.09 Å². The Morgan fingerprint density at radius 2 is 2.16 bits per heavy atom. The van der Waals surface area contributed by atoms with Crippen LogP contribution in [0.4, 0.5) is 4.79 Å². The summed E-state index contributed by atoms with van der Waals surface area (Å²) in [6.45, 7) is 3.10. The Hall–Kier alpha value is -1.55. The minimum Gasteiger partial charge on any atom is -0.445 e. The number of amides is 1. The van der Waals surface area contributed by atoms with Gasteiger partial charge in [0.05, 0.1) is 5.54 Å². The maximum atomic E-state index is 12.3. The average molecular weight is 260 g/mol. The monoisotopic (exact) mass is 260 g/mol. The molecular weight excluding hydrogens is 240 g/mol. The number of likely N-dealkylation sites (tertiary alicyclic amines) is 1. The van der Waals surface area contributed by atoms with Gasteiger partial charge in [0.2, 0.25) is 0 Å². The third kappa shape index (κ3) is 2.45. The fourth-order valence-corrected chi connectivity index (χ4v) is 3.19. The van der Waals surface area contributed by atoms with Crippen molar-refractivity contribution in [3.63, 3.8) is 0 Å². The Morgan fingerprint density at radius 1 is 1.32 bits per heavy atom. The van der Waals surface area contributed by atoms with E-state index in [4.69, 9.17) is 4.74 Å². The number of carbonyl (C=O) groups excluding carboxylic acids is 1. The Kier molecular flexibility index (Phi) is 3.42. The minimum absolute atomic E-state index is 0.0216. The molecule has 2 saturated heterocycles. The van der Waals surface area contributed by atoms with E-state index in [0.29, 0.717) is 6.61 Å². The van der Waals surface area contributed by atoms with Crippen LogP contribution in [0.25, 0.3) is 0 Å². The van der Waals surface area contributed by atoms with Gasteiger partial charge in [-0.25, -0.2) is 4.79 Å². The van der Waals surface area contributed by atoms with Crippen molar-refractivity contribution in [1.29, 1.82) is 0 Å². The van der Waals surface area contributed by atoms with E-state index < -0.39 is 0 Å². The summed E-state index contributed by atoms with van der Waals surface area (Å²) in [5.74, 6) is 0. The van der Waals surface area contributed by atoms with Crippen LogP contribution in [-0.2, 0) is 11.3 Å². The summed E-state index contributed by atoms with van der Waals surface area (Å²) < 4.78 is 5.46. The standard InChI is InChI=1S/C15H20N2O2/c18-14(19-11-13-5-2-1-3-6-13)17-10-4-7-15(17)8-9-16-12-15/h1-3,5-6,16H,4,7-12H2. The van der Waals surface area contributed by atoms with Gasteiger partial charge in [-0.15, -0.1) is 0 Å². The van der Waals surface area contributed by atoms with Gasteiger partial charge in [-0.2, -0.15) is 0 Å². The van der Waals surface area contributed by atoms with Gasteiger partial charge >= 0.3 is 6.09 Å². The number of carbonyl (C=O) groups is 1. The topological polar surface area (TPSA) is 41.6 Å². The second-order valence-corrected chi connectivity index (χ2v) is 5.45. The summed E-state index contributed by atoms with van der Waals surface area (Å²) >= 11 is 0. The SMILES string of the molecule is O=C(OCc1ccccc1)N1CCCC12CCNC2. The number of hydrogen-bond donors (Lipinski definition) is 1. The Balaban J connectivity index is 1.61. The maximum absolute atomic E-state index is 12.3. The van der Waals surface area contributed by atoms with Crippen molar-refractivity contribution in [2.45, 2.75) is 31.4 Å². The Labute approximate surface area is 113 Å². The van der Waals surface area contributed by atoms with Crippen LogP contribution in [0.2, 0.25) is 0 Å². The summed E-state index contributed by atoms with van der Waals surface area (Å²) in [5.41, 5.74) is 1.06. The molecule has 1 unspecified atom stereocenters. The summed E-state index contributed by atoms with van der Waals surface area (Å²) in [4.78, 5) is 14.2. The highest BCUT2D eigenvalue weighted by Crippen LogP contribution is 2.34. The molecule has 19 heavy (non-hydrogen) atoms. The van der Waals surface area contributed by atoms with E-state index in [2.05, 4.69) is 5.32 Å². The van der Waals surface area contributed by atoms with Crippen LogP contribution in [0.3, 0.4) is 0 Å². The molecule has 2 heterocycles. The first-order valence-electron chi connectivity index (χ1n) is 6.99. The molecule has 1 spiro atoms. The lowest BCUT2D eigenvalue weighted by Gasteiger charge is -2.33. The Morgan fingerprint density at radius 3 is 2.89 bits per heavy atom. The first kappa shape index (κ1) is 12.5. The third-order valence-corrected chi connectivity index (χ3v) is 4.24. The molecule has 4 heteroatoms. The molecule has 1 atom stereocenters. The first-order valence-corrected chi connectivity index (χ1v) is 6.99. The molecule has 4 nitrogen and oxygen atoms in total. The van der Waals surface area contributed by atoms with E-state index >= 15 is 0 Å². The second-order valence-electron chi connectivity index (χ2n) is 5.45. The number of hydrogen-bond acceptors (Lipinski definition) is 3. The molecule has 0 aromatic heterocycles. The number of ether oxygens (including phenoxy) is 1.